The van der Waals surface area contributed by atoms with E-state index in [1.54, 1.807) is 6.33 Å². The number of imidazole rings is 1. The Labute approximate surface area is 132 Å². The highest BCUT2D eigenvalue weighted by Gasteiger charge is 2.60. The molecule has 118 valence electrons. The fraction of sp³-hybridized carbons (Fsp3) is 0.643. The number of hydrogen-bond donors (Lipinski definition) is 3. The minimum Gasteiger partial charge on any atom is -0.396 e. The van der Waals surface area contributed by atoms with Gasteiger partial charge in [0.2, 0.25) is 5.28 Å². The monoisotopic (exact) mass is 323 g/mol. The number of aliphatic hydroxyl groups is 2. The lowest BCUT2D eigenvalue weighted by atomic mass is 9.44. The van der Waals surface area contributed by atoms with Gasteiger partial charge in [0, 0.05) is 11.5 Å². The molecule has 0 saturated heterocycles. The van der Waals surface area contributed by atoms with Gasteiger partial charge in [-0.3, -0.25) is 0 Å². The van der Waals surface area contributed by atoms with Gasteiger partial charge in [0.05, 0.1) is 19.5 Å². The highest BCUT2D eigenvalue weighted by molar-refractivity contribution is 6.28. The van der Waals surface area contributed by atoms with Crippen LogP contribution in [0, 0.1) is 10.8 Å². The van der Waals surface area contributed by atoms with Gasteiger partial charge in [-0.25, -0.2) is 4.98 Å². The van der Waals surface area contributed by atoms with Crippen molar-refractivity contribution in [3.8, 4) is 0 Å². The largest absolute Gasteiger partial charge is 0.396 e. The van der Waals surface area contributed by atoms with E-state index in [0.717, 1.165) is 25.7 Å². The van der Waals surface area contributed by atoms with Gasteiger partial charge in [-0.2, -0.15) is 9.97 Å². The van der Waals surface area contributed by atoms with E-state index >= 15 is 0 Å². The Morgan fingerprint density at radius 2 is 1.95 bits per heavy atom. The molecular formula is C14H18ClN5O2. The summed E-state index contributed by atoms with van der Waals surface area (Å²) in [6.45, 7) is 0.118. The van der Waals surface area contributed by atoms with Gasteiger partial charge in [0.15, 0.2) is 11.5 Å². The molecule has 2 fully saturated rings. The molecule has 0 amide bonds. The highest BCUT2D eigenvalue weighted by atomic mass is 35.5. The quantitative estimate of drug-likeness (QED) is 0.731. The Hall–Kier alpha value is -1.44. The lowest BCUT2D eigenvalue weighted by Crippen LogP contribution is -2.56. The van der Waals surface area contributed by atoms with Crippen molar-refractivity contribution in [2.45, 2.75) is 31.7 Å². The second-order valence-corrected chi connectivity index (χ2v) is 7.27. The summed E-state index contributed by atoms with van der Waals surface area (Å²) in [5.74, 6) is 0.297. The number of nitrogens with zero attached hydrogens (tertiary/aromatic N) is 4. The molecule has 0 aromatic carbocycles. The van der Waals surface area contributed by atoms with Crippen LogP contribution in [0.5, 0.6) is 0 Å². The zero-order chi connectivity index (χ0) is 15.5. The average molecular weight is 324 g/mol. The van der Waals surface area contributed by atoms with E-state index in [-0.39, 0.29) is 29.3 Å². The van der Waals surface area contributed by atoms with Crippen LogP contribution in [0.25, 0.3) is 11.2 Å². The fourth-order valence-electron chi connectivity index (χ4n) is 4.42. The third-order valence-corrected chi connectivity index (χ3v) is 5.49. The van der Waals surface area contributed by atoms with Crippen molar-refractivity contribution in [2.24, 2.45) is 10.8 Å². The number of nitrogen functional groups attached to an aromatic ring is 1. The van der Waals surface area contributed by atoms with Crippen LogP contribution in [-0.2, 0) is 0 Å². The maximum atomic E-state index is 9.42. The summed E-state index contributed by atoms with van der Waals surface area (Å²) in [7, 11) is 0. The van der Waals surface area contributed by atoms with Crippen LogP contribution in [0.3, 0.4) is 0 Å². The number of aliphatic hydroxyl groups excluding tert-OH is 2. The molecule has 22 heavy (non-hydrogen) atoms. The molecule has 7 nitrogen and oxygen atoms in total. The molecule has 0 unspecified atom stereocenters. The first-order valence-electron chi connectivity index (χ1n) is 7.37. The third kappa shape index (κ3) is 1.85. The third-order valence-electron chi connectivity index (χ3n) is 5.32. The van der Waals surface area contributed by atoms with Crippen molar-refractivity contribution < 1.29 is 10.2 Å². The molecule has 0 aliphatic heterocycles. The SMILES string of the molecule is Nc1nc(Cl)nc2c1ncn2C1CC2(C1)CC(CO)(CO)C2. The van der Waals surface area contributed by atoms with Crippen LogP contribution in [0.1, 0.15) is 31.7 Å². The number of anilines is 1. The smallest absolute Gasteiger partial charge is 0.226 e. The van der Waals surface area contributed by atoms with Gasteiger partial charge >= 0.3 is 0 Å². The Bertz CT molecular complexity index is 726. The van der Waals surface area contributed by atoms with Crippen LogP contribution >= 0.6 is 11.6 Å². The second-order valence-electron chi connectivity index (χ2n) is 6.93. The number of halogens is 1. The van der Waals surface area contributed by atoms with Gasteiger partial charge in [0.1, 0.15) is 5.52 Å². The predicted octanol–water partition coefficient (Wildman–Crippen LogP) is 1.15. The molecule has 2 saturated carbocycles. The molecule has 0 atom stereocenters. The molecule has 8 heteroatoms. The van der Waals surface area contributed by atoms with E-state index < -0.39 is 0 Å². The Morgan fingerprint density at radius 3 is 2.59 bits per heavy atom. The summed E-state index contributed by atoms with van der Waals surface area (Å²) < 4.78 is 2.02. The summed E-state index contributed by atoms with van der Waals surface area (Å²) in [4.78, 5) is 12.5. The van der Waals surface area contributed by atoms with Crippen molar-refractivity contribution in [1.82, 2.24) is 19.5 Å². The molecule has 4 rings (SSSR count). The summed E-state index contributed by atoms with van der Waals surface area (Å²) >= 11 is 5.89. The van der Waals surface area contributed by atoms with E-state index in [0.29, 0.717) is 23.0 Å². The number of aromatic nitrogens is 4. The zero-order valence-corrected chi connectivity index (χ0v) is 12.8. The molecule has 0 bridgehead atoms. The first-order valence-corrected chi connectivity index (χ1v) is 7.75. The fourth-order valence-corrected chi connectivity index (χ4v) is 4.59. The van der Waals surface area contributed by atoms with Crippen molar-refractivity contribution in [3.05, 3.63) is 11.6 Å². The Balaban J connectivity index is 1.55. The molecule has 4 N–H and O–H groups in total. The molecular weight excluding hydrogens is 306 g/mol. The van der Waals surface area contributed by atoms with Crippen molar-refractivity contribution in [2.75, 3.05) is 18.9 Å². The normalized spacial score (nSPS) is 22.7. The standard InChI is InChI=1S/C14H18ClN5O2/c15-12-18-10(16)9-11(19-12)20(7-17-9)8-1-13(2-8)3-14(4-13,5-21)6-22/h7-8,21-22H,1-6H2,(H2,16,18,19). The van der Waals surface area contributed by atoms with Crippen LogP contribution in [0.4, 0.5) is 5.82 Å². The maximum Gasteiger partial charge on any atom is 0.226 e. The highest BCUT2D eigenvalue weighted by Crippen LogP contribution is 2.67. The maximum absolute atomic E-state index is 9.42. The van der Waals surface area contributed by atoms with Crippen LogP contribution < -0.4 is 5.73 Å². The van der Waals surface area contributed by atoms with E-state index in [1.807, 2.05) is 4.57 Å². The topological polar surface area (TPSA) is 110 Å². The van der Waals surface area contributed by atoms with Crippen molar-refractivity contribution in [1.29, 1.82) is 0 Å². The van der Waals surface area contributed by atoms with E-state index in [2.05, 4.69) is 15.0 Å². The zero-order valence-electron chi connectivity index (χ0n) is 12.0. The van der Waals surface area contributed by atoms with Crippen molar-refractivity contribution >= 4 is 28.6 Å². The number of rotatable bonds is 3. The van der Waals surface area contributed by atoms with E-state index in [4.69, 9.17) is 17.3 Å². The van der Waals surface area contributed by atoms with Crippen LogP contribution in [-0.4, -0.2) is 42.9 Å². The van der Waals surface area contributed by atoms with Gasteiger partial charge in [-0.05, 0) is 42.7 Å². The lowest BCUT2D eigenvalue weighted by Gasteiger charge is -2.62. The summed E-state index contributed by atoms with van der Waals surface area (Å²) in [6, 6.07) is 0.311. The lowest BCUT2D eigenvalue weighted by molar-refractivity contribution is -0.159. The number of hydrogen-bond acceptors (Lipinski definition) is 6. The van der Waals surface area contributed by atoms with Gasteiger partial charge in [0.25, 0.3) is 0 Å². The van der Waals surface area contributed by atoms with Crippen LogP contribution in [0.2, 0.25) is 5.28 Å². The molecule has 2 aromatic rings. The van der Waals surface area contributed by atoms with Gasteiger partial charge in [-0.1, -0.05) is 0 Å². The molecule has 2 heterocycles. The van der Waals surface area contributed by atoms with Gasteiger partial charge < -0.3 is 20.5 Å². The molecule has 2 aliphatic carbocycles. The Morgan fingerprint density at radius 1 is 1.27 bits per heavy atom. The first-order chi connectivity index (χ1) is 10.5. The average Bonchev–Trinajstić information content (AvgIpc) is 2.81. The summed E-state index contributed by atoms with van der Waals surface area (Å²) in [5.41, 5.74) is 7.05. The Kier molecular flexibility index (Phi) is 2.92. The molecule has 2 aliphatic rings. The van der Waals surface area contributed by atoms with Gasteiger partial charge in [-0.15, -0.1) is 0 Å². The second kappa shape index (κ2) is 4.53. The predicted molar refractivity (Wildman–Crippen MR) is 81.3 cm³/mol. The minimum absolute atomic E-state index is 0.0588. The minimum atomic E-state index is -0.280. The van der Waals surface area contributed by atoms with E-state index in [9.17, 15) is 10.2 Å². The first kappa shape index (κ1) is 14.2. The van der Waals surface area contributed by atoms with Crippen molar-refractivity contribution in [3.63, 3.8) is 0 Å². The number of fused-ring (bicyclic) bond motifs is 1. The van der Waals surface area contributed by atoms with E-state index in [1.165, 1.54) is 0 Å². The van der Waals surface area contributed by atoms with Crippen LogP contribution in [0.15, 0.2) is 6.33 Å². The summed E-state index contributed by atoms with van der Waals surface area (Å²) in [5, 5.41) is 19.0. The summed E-state index contributed by atoms with van der Waals surface area (Å²) in [6.07, 6.45) is 5.51. The molecule has 2 aromatic heterocycles. The molecule has 1 spiro atoms. The molecule has 0 radical (unpaired) electrons. The number of nitrogens with two attached hydrogens (primary N) is 1.